The normalized spacial score (nSPS) is 20.9. The van der Waals surface area contributed by atoms with Gasteiger partial charge in [0.25, 0.3) is 0 Å². The number of nitrogens with one attached hydrogen (secondary N) is 1. The molecule has 0 saturated carbocycles. The van der Waals surface area contributed by atoms with Crippen LogP contribution in [0.15, 0.2) is 0 Å². The van der Waals surface area contributed by atoms with Gasteiger partial charge in [0.05, 0.1) is 11.1 Å². The predicted octanol–water partition coefficient (Wildman–Crippen LogP) is 1.21. The van der Waals surface area contributed by atoms with E-state index >= 15 is 0 Å². The van der Waals surface area contributed by atoms with Gasteiger partial charge in [-0.2, -0.15) is 0 Å². The topological polar surface area (TPSA) is 66.4 Å². The fraction of sp³-hybridized carbons (Fsp3) is 0.778. The molecule has 1 rings (SSSR count). The maximum Gasteiger partial charge on any atom is 0.303 e. The second kappa shape index (κ2) is 5.90. The van der Waals surface area contributed by atoms with Crippen LogP contribution in [0.2, 0.25) is 0 Å². The maximum atomic E-state index is 10.8. The van der Waals surface area contributed by atoms with E-state index in [4.69, 9.17) is 5.11 Å². The number of unbranched alkanes of at least 4 members (excludes halogenated alkanes) is 2. The highest BCUT2D eigenvalue weighted by Crippen LogP contribution is 2.20. The molecule has 1 fully saturated rings. The lowest BCUT2D eigenvalue weighted by molar-refractivity contribution is -0.137. The fourth-order valence-electron chi connectivity index (χ4n) is 1.38. The summed E-state index contributed by atoms with van der Waals surface area (Å²) >= 11 is 1.64. The van der Waals surface area contributed by atoms with Crippen molar-refractivity contribution in [2.75, 3.05) is 5.75 Å². The number of carboxylic acid groups (broad SMARTS) is 1. The van der Waals surface area contributed by atoms with Gasteiger partial charge in [0, 0.05) is 6.42 Å². The summed E-state index contributed by atoms with van der Waals surface area (Å²) < 4.78 is 0. The summed E-state index contributed by atoms with van der Waals surface area (Å²) in [6, 6.07) is 0. The van der Waals surface area contributed by atoms with E-state index in [1.54, 1.807) is 11.8 Å². The van der Waals surface area contributed by atoms with Gasteiger partial charge < -0.3 is 10.4 Å². The second-order valence-electron chi connectivity index (χ2n) is 3.36. The van der Waals surface area contributed by atoms with Crippen LogP contribution in [0.5, 0.6) is 0 Å². The van der Waals surface area contributed by atoms with Crippen molar-refractivity contribution in [1.29, 1.82) is 0 Å². The Morgan fingerprint density at radius 2 is 2.29 bits per heavy atom. The first-order valence-corrected chi connectivity index (χ1v) is 5.86. The zero-order chi connectivity index (χ0) is 10.4. The Morgan fingerprint density at radius 3 is 2.86 bits per heavy atom. The van der Waals surface area contributed by atoms with Crippen LogP contribution in [0, 0.1) is 0 Å². The van der Waals surface area contributed by atoms with Gasteiger partial charge in [-0.15, -0.1) is 11.8 Å². The summed E-state index contributed by atoms with van der Waals surface area (Å²) in [4.78, 5) is 21.0. The molecule has 1 aliphatic rings. The van der Waals surface area contributed by atoms with Gasteiger partial charge in [-0.05, 0) is 12.8 Å². The van der Waals surface area contributed by atoms with Gasteiger partial charge in [0.1, 0.15) is 0 Å². The van der Waals surface area contributed by atoms with Crippen LogP contribution >= 0.6 is 11.8 Å². The molecular weight excluding hydrogens is 202 g/mol. The van der Waals surface area contributed by atoms with Crippen LogP contribution in [0.1, 0.15) is 32.1 Å². The monoisotopic (exact) mass is 217 g/mol. The Bertz CT molecular complexity index is 220. The smallest absolute Gasteiger partial charge is 0.303 e. The highest BCUT2D eigenvalue weighted by atomic mass is 32.2. The molecule has 14 heavy (non-hydrogen) atoms. The molecule has 0 radical (unpaired) electrons. The molecule has 0 aliphatic carbocycles. The van der Waals surface area contributed by atoms with Gasteiger partial charge in [-0.1, -0.05) is 12.8 Å². The Balaban J connectivity index is 1.94. The number of carbonyl (C=O) groups is 2. The van der Waals surface area contributed by atoms with E-state index in [0.29, 0.717) is 5.75 Å². The molecule has 0 aromatic heterocycles. The van der Waals surface area contributed by atoms with E-state index in [1.165, 1.54) is 0 Å². The predicted molar refractivity (Wildman–Crippen MR) is 55.1 cm³/mol. The molecule has 4 nitrogen and oxygen atoms in total. The Morgan fingerprint density at radius 1 is 1.50 bits per heavy atom. The van der Waals surface area contributed by atoms with Gasteiger partial charge in [-0.25, -0.2) is 0 Å². The number of hydrogen-bond acceptors (Lipinski definition) is 3. The third-order valence-corrected chi connectivity index (χ3v) is 3.28. The van der Waals surface area contributed by atoms with E-state index < -0.39 is 5.97 Å². The SMILES string of the molecule is O=C(O)CCCCC[C@@H]1NC(=O)CS1. The minimum atomic E-state index is -0.728. The first kappa shape index (κ1) is 11.4. The summed E-state index contributed by atoms with van der Waals surface area (Å²) in [5, 5.41) is 11.5. The first-order chi connectivity index (χ1) is 6.68. The van der Waals surface area contributed by atoms with E-state index in [-0.39, 0.29) is 17.7 Å². The average molecular weight is 217 g/mol. The van der Waals surface area contributed by atoms with E-state index in [9.17, 15) is 9.59 Å². The summed E-state index contributed by atoms with van der Waals surface area (Å²) in [6.07, 6.45) is 3.87. The van der Waals surface area contributed by atoms with Crippen molar-refractivity contribution in [2.45, 2.75) is 37.5 Å². The highest BCUT2D eigenvalue weighted by molar-refractivity contribution is 8.01. The zero-order valence-electron chi connectivity index (χ0n) is 7.99. The number of carboxylic acids is 1. The second-order valence-corrected chi connectivity index (χ2v) is 4.55. The van der Waals surface area contributed by atoms with Crippen molar-refractivity contribution >= 4 is 23.6 Å². The van der Waals surface area contributed by atoms with E-state index in [2.05, 4.69) is 5.32 Å². The lowest BCUT2D eigenvalue weighted by atomic mass is 10.1. The molecule has 0 unspecified atom stereocenters. The van der Waals surface area contributed by atoms with Crippen LogP contribution in [-0.4, -0.2) is 28.1 Å². The summed E-state index contributed by atoms with van der Waals surface area (Å²) in [5.74, 6) is -0.0427. The van der Waals surface area contributed by atoms with Crippen LogP contribution in [0.4, 0.5) is 0 Å². The number of amides is 1. The molecule has 0 bridgehead atoms. The standard InChI is InChI=1S/C9H15NO3S/c11-7-6-14-8(10-7)4-2-1-3-5-9(12)13/h8H,1-6H2,(H,10,11)(H,12,13)/t8-/m1/s1. The van der Waals surface area contributed by atoms with Crippen LogP contribution < -0.4 is 5.32 Å². The first-order valence-electron chi connectivity index (χ1n) is 4.81. The fourth-order valence-corrected chi connectivity index (χ4v) is 2.36. The van der Waals surface area contributed by atoms with Crippen molar-refractivity contribution in [3.05, 3.63) is 0 Å². The number of thioether (sulfide) groups is 1. The number of hydrogen-bond donors (Lipinski definition) is 2. The highest BCUT2D eigenvalue weighted by Gasteiger charge is 2.20. The number of aliphatic carboxylic acids is 1. The Kier molecular flexibility index (Phi) is 4.79. The quantitative estimate of drug-likeness (QED) is 0.656. The summed E-state index contributed by atoms with van der Waals surface area (Å²) in [7, 11) is 0. The van der Waals surface area contributed by atoms with Crippen molar-refractivity contribution in [3.63, 3.8) is 0 Å². The molecule has 5 heteroatoms. The number of rotatable bonds is 6. The molecule has 0 aromatic rings. The summed E-state index contributed by atoms with van der Waals surface area (Å²) in [5.41, 5.74) is 0. The molecule has 0 spiro atoms. The van der Waals surface area contributed by atoms with Crippen molar-refractivity contribution in [3.8, 4) is 0 Å². The molecule has 1 aliphatic heterocycles. The third kappa shape index (κ3) is 4.50. The average Bonchev–Trinajstić information content (AvgIpc) is 2.50. The van der Waals surface area contributed by atoms with E-state index in [1.807, 2.05) is 0 Å². The maximum absolute atomic E-state index is 10.8. The largest absolute Gasteiger partial charge is 0.481 e. The Labute approximate surface area is 87.4 Å². The molecule has 1 amide bonds. The van der Waals surface area contributed by atoms with E-state index in [0.717, 1.165) is 25.7 Å². The lowest BCUT2D eigenvalue weighted by Gasteiger charge is -2.07. The molecule has 0 aromatic carbocycles. The van der Waals surface area contributed by atoms with Crippen LogP contribution in [0.25, 0.3) is 0 Å². The zero-order valence-corrected chi connectivity index (χ0v) is 8.81. The molecule has 1 atom stereocenters. The van der Waals surface area contributed by atoms with Crippen molar-refractivity contribution in [1.82, 2.24) is 5.32 Å². The molecule has 1 heterocycles. The summed E-state index contributed by atoms with van der Waals surface area (Å²) in [6.45, 7) is 0. The molecule has 2 N–H and O–H groups in total. The van der Waals surface area contributed by atoms with Gasteiger partial charge in [-0.3, -0.25) is 9.59 Å². The lowest BCUT2D eigenvalue weighted by Crippen LogP contribution is -2.24. The number of carbonyl (C=O) groups excluding carboxylic acids is 1. The molecule has 80 valence electrons. The minimum absolute atomic E-state index is 0.116. The van der Waals surface area contributed by atoms with Crippen LogP contribution in [0.3, 0.4) is 0 Å². The van der Waals surface area contributed by atoms with Crippen molar-refractivity contribution in [2.24, 2.45) is 0 Å². The van der Waals surface area contributed by atoms with Gasteiger partial charge in [0.2, 0.25) is 5.91 Å². The van der Waals surface area contributed by atoms with Crippen LogP contribution in [-0.2, 0) is 9.59 Å². The van der Waals surface area contributed by atoms with Gasteiger partial charge in [0.15, 0.2) is 0 Å². The van der Waals surface area contributed by atoms with Crippen molar-refractivity contribution < 1.29 is 14.7 Å². The minimum Gasteiger partial charge on any atom is -0.481 e. The van der Waals surface area contributed by atoms with Gasteiger partial charge >= 0.3 is 5.97 Å². The Hall–Kier alpha value is -0.710. The molecule has 1 saturated heterocycles. The molecular formula is C9H15NO3S. The third-order valence-electron chi connectivity index (χ3n) is 2.09.